The molecule has 0 saturated heterocycles. The van der Waals surface area contributed by atoms with Gasteiger partial charge in [0.15, 0.2) is 0 Å². The van der Waals surface area contributed by atoms with Gasteiger partial charge in [0.25, 0.3) is 0 Å². The van der Waals surface area contributed by atoms with E-state index in [1.165, 1.54) is 0 Å². The van der Waals surface area contributed by atoms with Crippen LogP contribution in [-0.2, 0) is 4.79 Å². The predicted molar refractivity (Wildman–Crippen MR) is 80.1 cm³/mol. The minimum Gasteiger partial charge on any atom is -0.383 e. The third-order valence-electron chi connectivity index (χ3n) is 3.43. The number of primary amides is 1. The topological polar surface area (TPSA) is 78.9 Å². The van der Waals surface area contributed by atoms with Gasteiger partial charge in [-0.25, -0.2) is 0 Å². The van der Waals surface area contributed by atoms with Crippen LogP contribution in [0, 0.1) is 16.7 Å². The summed E-state index contributed by atoms with van der Waals surface area (Å²) in [6.45, 7) is 4.04. The van der Waals surface area contributed by atoms with Crippen LogP contribution in [0.1, 0.15) is 19.4 Å². The van der Waals surface area contributed by atoms with Crippen molar-refractivity contribution in [3.63, 3.8) is 0 Å². The Morgan fingerprint density at radius 1 is 1.25 bits per heavy atom. The summed E-state index contributed by atoms with van der Waals surface area (Å²) in [7, 11) is 0. The lowest BCUT2D eigenvalue weighted by Crippen LogP contribution is -2.37. The lowest BCUT2D eigenvalue weighted by Gasteiger charge is -2.22. The van der Waals surface area contributed by atoms with E-state index in [1.54, 1.807) is 19.9 Å². The fourth-order valence-corrected chi connectivity index (χ4v) is 1.95. The SMILES string of the molecule is CC(C)(CNc1ccc(C#N)c2ccccc12)C(N)=O. The lowest BCUT2D eigenvalue weighted by molar-refractivity contribution is -0.125. The molecule has 2 aromatic carbocycles. The second-order valence-electron chi connectivity index (χ2n) is 5.42. The number of anilines is 1. The number of nitriles is 1. The largest absolute Gasteiger partial charge is 0.383 e. The molecule has 0 radical (unpaired) electrons. The van der Waals surface area contributed by atoms with Gasteiger partial charge in [-0.2, -0.15) is 5.26 Å². The van der Waals surface area contributed by atoms with E-state index in [0.29, 0.717) is 12.1 Å². The van der Waals surface area contributed by atoms with Crippen molar-refractivity contribution < 1.29 is 4.79 Å². The molecule has 4 heteroatoms. The van der Waals surface area contributed by atoms with Crippen molar-refractivity contribution in [1.29, 1.82) is 5.26 Å². The van der Waals surface area contributed by atoms with Crippen molar-refractivity contribution in [2.45, 2.75) is 13.8 Å². The van der Waals surface area contributed by atoms with Crippen LogP contribution in [0.5, 0.6) is 0 Å². The summed E-state index contributed by atoms with van der Waals surface area (Å²) < 4.78 is 0. The molecule has 0 atom stereocenters. The number of nitrogens with one attached hydrogen (secondary N) is 1. The van der Waals surface area contributed by atoms with E-state index in [-0.39, 0.29) is 5.91 Å². The van der Waals surface area contributed by atoms with Crippen molar-refractivity contribution in [1.82, 2.24) is 0 Å². The minimum absolute atomic E-state index is 0.344. The zero-order chi connectivity index (χ0) is 14.8. The van der Waals surface area contributed by atoms with Gasteiger partial charge in [-0.1, -0.05) is 24.3 Å². The molecule has 0 spiro atoms. The van der Waals surface area contributed by atoms with Crippen molar-refractivity contribution in [3.05, 3.63) is 42.0 Å². The molecule has 0 aliphatic rings. The maximum Gasteiger partial charge on any atom is 0.224 e. The summed E-state index contributed by atoms with van der Waals surface area (Å²) in [6.07, 6.45) is 0. The second-order valence-corrected chi connectivity index (χ2v) is 5.42. The van der Waals surface area contributed by atoms with Gasteiger partial charge in [0.2, 0.25) is 5.91 Å². The van der Waals surface area contributed by atoms with Crippen LogP contribution in [0.2, 0.25) is 0 Å². The summed E-state index contributed by atoms with van der Waals surface area (Å²) in [5, 5.41) is 14.2. The van der Waals surface area contributed by atoms with Crippen LogP contribution in [0.4, 0.5) is 5.69 Å². The van der Waals surface area contributed by atoms with Crippen LogP contribution >= 0.6 is 0 Å². The maximum atomic E-state index is 11.3. The molecule has 0 bridgehead atoms. The van der Waals surface area contributed by atoms with Crippen LogP contribution in [0.15, 0.2) is 36.4 Å². The van der Waals surface area contributed by atoms with Crippen molar-refractivity contribution in [2.24, 2.45) is 11.1 Å². The highest BCUT2D eigenvalue weighted by atomic mass is 16.1. The van der Waals surface area contributed by atoms with E-state index >= 15 is 0 Å². The van der Waals surface area contributed by atoms with E-state index in [2.05, 4.69) is 11.4 Å². The average molecular weight is 267 g/mol. The molecule has 0 aliphatic carbocycles. The first kappa shape index (κ1) is 13.9. The molecule has 102 valence electrons. The molecule has 4 nitrogen and oxygen atoms in total. The highest BCUT2D eigenvalue weighted by Crippen LogP contribution is 2.27. The number of carbonyl (C=O) groups excluding carboxylic acids is 1. The smallest absolute Gasteiger partial charge is 0.224 e. The van der Waals surface area contributed by atoms with Crippen LogP contribution in [-0.4, -0.2) is 12.5 Å². The van der Waals surface area contributed by atoms with Gasteiger partial charge in [-0.15, -0.1) is 0 Å². The first-order chi connectivity index (χ1) is 9.45. The van der Waals surface area contributed by atoms with Gasteiger partial charge in [0.05, 0.1) is 17.0 Å². The minimum atomic E-state index is -0.630. The molecule has 0 aliphatic heterocycles. The normalized spacial score (nSPS) is 11.1. The Bertz CT molecular complexity index is 698. The van der Waals surface area contributed by atoms with Crippen LogP contribution in [0.25, 0.3) is 10.8 Å². The van der Waals surface area contributed by atoms with Gasteiger partial charge in [0.1, 0.15) is 0 Å². The Morgan fingerprint density at radius 2 is 1.90 bits per heavy atom. The zero-order valence-corrected chi connectivity index (χ0v) is 11.6. The van der Waals surface area contributed by atoms with Gasteiger partial charge in [-0.05, 0) is 26.0 Å². The zero-order valence-electron chi connectivity index (χ0n) is 11.6. The second kappa shape index (κ2) is 5.22. The number of nitrogens with two attached hydrogens (primary N) is 1. The number of rotatable bonds is 4. The predicted octanol–water partition coefficient (Wildman–Crippen LogP) is 2.63. The number of benzene rings is 2. The van der Waals surface area contributed by atoms with Gasteiger partial charge in [-0.3, -0.25) is 4.79 Å². The van der Waals surface area contributed by atoms with Gasteiger partial charge < -0.3 is 11.1 Å². The monoisotopic (exact) mass is 267 g/mol. The Morgan fingerprint density at radius 3 is 2.50 bits per heavy atom. The number of hydrogen-bond donors (Lipinski definition) is 2. The molecule has 0 heterocycles. The van der Waals surface area contributed by atoms with Gasteiger partial charge in [0, 0.05) is 23.0 Å². The first-order valence-corrected chi connectivity index (χ1v) is 6.41. The standard InChI is InChI=1S/C16H17N3O/c1-16(2,15(18)20)10-19-14-8-7-11(9-17)12-5-3-4-6-13(12)14/h3-8,19H,10H2,1-2H3,(H2,18,20). The molecule has 3 N–H and O–H groups in total. The highest BCUT2D eigenvalue weighted by molar-refractivity contribution is 5.97. The molecule has 0 saturated carbocycles. The number of amides is 1. The molecular weight excluding hydrogens is 250 g/mol. The maximum absolute atomic E-state index is 11.3. The van der Waals surface area contributed by atoms with E-state index in [0.717, 1.165) is 16.5 Å². The van der Waals surface area contributed by atoms with Crippen molar-refractivity contribution in [3.8, 4) is 6.07 Å². The molecule has 2 rings (SSSR count). The Kier molecular flexibility index (Phi) is 3.62. The van der Waals surface area contributed by atoms with E-state index in [4.69, 9.17) is 11.0 Å². The third-order valence-corrected chi connectivity index (χ3v) is 3.43. The number of nitrogens with zero attached hydrogens (tertiary/aromatic N) is 1. The summed E-state index contributed by atoms with van der Waals surface area (Å²) in [6, 6.07) is 13.5. The number of hydrogen-bond acceptors (Lipinski definition) is 3. The van der Waals surface area contributed by atoms with E-state index < -0.39 is 5.41 Å². The summed E-state index contributed by atoms with van der Waals surface area (Å²) >= 11 is 0. The molecule has 1 amide bonds. The number of carbonyl (C=O) groups is 1. The fraction of sp³-hybridized carbons (Fsp3) is 0.250. The fourth-order valence-electron chi connectivity index (χ4n) is 1.95. The molecule has 2 aromatic rings. The Labute approximate surface area is 118 Å². The molecule has 20 heavy (non-hydrogen) atoms. The van der Waals surface area contributed by atoms with E-state index in [9.17, 15) is 4.79 Å². The molecular formula is C16H17N3O. The lowest BCUT2D eigenvalue weighted by atomic mass is 9.92. The van der Waals surface area contributed by atoms with Crippen LogP contribution in [0.3, 0.4) is 0 Å². The number of fused-ring (bicyclic) bond motifs is 1. The Balaban J connectivity index is 2.37. The molecule has 0 unspecified atom stereocenters. The summed E-state index contributed by atoms with van der Waals surface area (Å²) in [5.74, 6) is -0.344. The average Bonchev–Trinajstić information content (AvgIpc) is 2.44. The highest BCUT2D eigenvalue weighted by Gasteiger charge is 2.24. The molecule has 0 aromatic heterocycles. The van der Waals surface area contributed by atoms with Gasteiger partial charge >= 0.3 is 0 Å². The summed E-state index contributed by atoms with van der Waals surface area (Å²) in [5.41, 5.74) is 6.28. The van der Waals surface area contributed by atoms with E-state index in [1.807, 2.05) is 30.3 Å². The Hall–Kier alpha value is -2.54. The molecule has 0 fully saturated rings. The first-order valence-electron chi connectivity index (χ1n) is 6.41. The van der Waals surface area contributed by atoms with Crippen molar-refractivity contribution >= 4 is 22.4 Å². The third kappa shape index (κ3) is 2.57. The summed E-state index contributed by atoms with van der Waals surface area (Å²) in [4.78, 5) is 11.3. The van der Waals surface area contributed by atoms with Crippen LogP contribution < -0.4 is 11.1 Å². The van der Waals surface area contributed by atoms with Crippen molar-refractivity contribution in [2.75, 3.05) is 11.9 Å². The quantitative estimate of drug-likeness (QED) is 0.893.